The van der Waals surface area contributed by atoms with Crippen LogP contribution in [0.2, 0.25) is 5.02 Å². The topological polar surface area (TPSA) is 70.1 Å². The van der Waals surface area contributed by atoms with Crippen LogP contribution in [-0.4, -0.2) is 22.9 Å². The van der Waals surface area contributed by atoms with Crippen LogP contribution in [0, 0.1) is 22.6 Å². The van der Waals surface area contributed by atoms with Gasteiger partial charge < -0.3 is 10.6 Å². The summed E-state index contributed by atoms with van der Waals surface area (Å²) in [5, 5.41) is 9.73. The Hall–Kier alpha value is -1.64. The van der Waals surface area contributed by atoms with E-state index in [1.54, 1.807) is 31.7 Å². The molecule has 1 aliphatic heterocycles. The Morgan fingerprint density at radius 3 is 2.65 bits per heavy atom. The summed E-state index contributed by atoms with van der Waals surface area (Å²) in [5.41, 5.74) is 5.72. The molecule has 1 fully saturated rings. The molecular weight excluding hydrogens is 317 g/mol. The number of benzene rings is 1. The second-order valence-corrected chi connectivity index (χ2v) is 7.12. The molecule has 1 heterocycles. The van der Waals surface area contributed by atoms with Crippen LogP contribution < -0.4 is 5.73 Å². The monoisotopic (exact) mass is 337 g/mol. The van der Waals surface area contributed by atoms with Gasteiger partial charge in [-0.3, -0.25) is 4.79 Å². The first-order valence-electron chi connectivity index (χ1n) is 7.62. The molecule has 2 unspecified atom stereocenters. The molecule has 1 aliphatic rings. The van der Waals surface area contributed by atoms with Crippen LogP contribution in [0.3, 0.4) is 0 Å². The van der Waals surface area contributed by atoms with Crippen molar-refractivity contribution in [1.29, 1.82) is 5.26 Å². The third kappa shape index (κ3) is 3.49. The van der Waals surface area contributed by atoms with Crippen molar-refractivity contribution in [3.05, 3.63) is 34.6 Å². The molecule has 2 N–H and O–H groups in total. The number of hydrogen-bond acceptors (Lipinski definition) is 3. The van der Waals surface area contributed by atoms with E-state index in [1.165, 1.54) is 12.1 Å². The molecule has 1 aromatic carbocycles. The predicted molar refractivity (Wildman–Crippen MR) is 87.1 cm³/mol. The van der Waals surface area contributed by atoms with Crippen molar-refractivity contribution in [2.75, 3.05) is 0 Å². The summed E-state index contributed by atoms with van der Waals surface area (Å²) in [7, 11) is 0. The molecule has 1 amide bonds. The second-order valence-electron chi connectivity index (χ2n) is 6.68. The largest absolute Gasteiger partial charge is 0.330 e. The van der Waals surface area contributed by atoms with Gasteiger partial charge in [0.1, 0.15) is 5.82 Å². The molecule has 3 atom stereocenters. The van der Waals surface area contributed by atoms with Gasteiger partial charge in [-0.15, -0.1) is 0 Å². The molecule has 0 spiro atoms. The maximum absolute atomic E-state index is 13.7. The maximum atomic E-state index is 13.7. The van der Waals surface area contributed by atoms with Crippen molar-refractivity contribution >= 4 is 17.5 Å². The Kier molecular flexibility index (Phi) is 4.98. The van der Waals surface area contributed by atoms with Crippen molar-refractivity contribution in [3.8, 4) is 6.07 Å². The molecule has 0 bridgehead atoms. The van der Waals surface area contributed by atoms with E-state index < -0.39 is 17.3 Å². The number of carbonyl (C=O) groups excluding carboxylic acids is 1. The summed E-state index contributed by atoms with van der Waals surface area (Å²) in [6, 6.07) is 5.28. The first-order valence-corrected chi connectivity index (χ1v) is 8.00. The van der Waals surface area contributed by atoms with Gasteiger partial charge in [0.25, 0.3) is 0 Å². The molecule has 23 heavy (non-hydrogen) atoms. The van der Waals surface area contributed by atoms with Crippen LogP contribution in [0.4, 0.5) is 4.39 Å². The average Bonchev–Trinajstić information content (AvgIpc) is 2.90. The summed E-state index contributed by atoms with van der Waals surface area (Å²) in [6.07, 6.45) is 1.31. The van der Waals surface area contributed by atoms with E-state index in [0.717, 1.165) is 0 Å². The van der Waals surface area contributed by atoms with Crippen molar-refractivity contribution in [1.82, 2.24) is 4.90 Å². The molecule has 0 saturated carbocycles. The van der Waals surface area contributed by atoms with Gasteiger partial charge >= 0.3 is 0 Å². The average molecular weight is 338 g/mol. The molecule has 2 rings (SSSR count). The zero-order chi connectivity index (χ0) is 17.4. The van der Waals surface area contributed by atoms with Gasteiger partial charge in [-0.05, 0) is 57.4 Å². The highest BCUT2D eigenvalue weighted by Gasteiger charge is 2.46. The molecule has 1 saturated heterocycles. The van der Waals surface area contributed by atoms with E-state index in [1.807, 2.05) is 0 Å². The lowest BCUT2D eigenvalue weighted by molar-refractivity contribution is -0.137. The quantitative estimate of drug-likeness (QED) is 0.918. The number of nitrogens with zero attached hydrogens (tertiary/aromatic N) is 2. The van der Waals surface area contributed by atoms with Crippen LogP contribution in [0.1, 0.15) is 45.2 Å². The SMILES string of the molecule is C[C@@H](N)C(=O)N1C(c2cc(F)cc(Cl)c2)CCC1C(C)(C)C#N. The Morgan fingerprint density at radius 2 is 2.13 bits per heavy atom. The van der Waals surface area contributed by atoms with Crippen molar-refractivity contribution < 1.29 is 9.18 Å². The number of hydrogen-bond donors (Lipinski definition) is 1. The molecular formula is C17H21ClFN3O. The molecule has 124 valence electrons. The number of amides is 1. The van der Waals surface area contributed by atoms with Crippen LogP contribution in [0.5, 0.6) is 0 Å². The van der Waals surface area contributed by atoms with Gasteiger partial charge in [-0.1, -0.05) is 11.6 Å². The lowest BCUT2D eigenvalue weighted by Crippen LogP contribution is -2.50. The van der Waals surface area contributed by atoms with Gasteiger partial charge in [-0.2, -0.15) is 5.26 Å². The third-order valence-electron chi connectivity index (χ3n) is 4.42. The zero-order valence-corrected chi connectivity index (χ0v) is 14.3. The number of carbonyl (C=O) groups is 1. The standard InChI is InChI=1S/C17H21ClFN3O/c1-10(21)16(23)22-14(4-5-15(22)17(2,3)9-20)11-6-12(18)8-13(19)7-11/h6-8,10,14-15H,4-5,21H2,1-3H3/t10-,14?,15?/m1/s1. The number of nitriles is 1. The summed E-state index contributed by atoms with van der Waals surface area (Å²) in [6.45, 7) is 5.23. The Balaban J connectivity index is 2.47. The predicted octanol–water partition coefficient (Wildman–Crippen LogP) is 3.41. The first-order chi connectivity index (χ1) is 10.7. The molecule has 1 aromatic rings. The molecule has 4 nitrogen and oxygen atoms in total. The van der Waals surface area contributed by atoms with E-state index in [0.29, 0.717) is 18.4 Å². The molecule has 0 aromatic heterocycles. The summed E-state index contributed by atoms with van der Waals surface area (Å²) in [4.78, 5) is 14.3. The minimum absolute atomic E-state index is 0.235. The van der Waals surface area contributed by atoms with Gasteiger partial charge in [0, 0.05) is 5.02 Å². The third-order valence-corrected chi connectivity index (χ3v) is 4.64. The van der Waals surface area contributed by atoms with Crippen molar-refractivity contribution in [3.63, 3.8) is 0 Å². The van der Waals surface area contributed by atoms with E-state index in [2.05, 4.69) is 6.07 Å². The Bertz CT molecular complexity index is 633. The Morgan fingerprint density at radius 1 is 1.48 bits per heavy atom. The minimum Gasteiger partial charge on any atom is -0.330 e. The lowest BCUT2D eigenvalue weighted by Gasteiger charge is -2.37. The van der Waals surface area contributed by atoms with Crippen LogP contribution in [0.25, 0.3) is 0 Å². The van der Waals surface area contributed by atoms with Gasteiger partial charge in [-0.25, -0.2) is 4.39 Å². The van der Waals surface area contributed by atoms with E-state index in [4.69, 9.17) is 17.3 Å². The smallest absolute Gasteiger partial charge is 0.240 e. The van der Waals surface area contributed by atoms with E-state index in [9.17, 15) is 14.4 Å². The molecule has 0 aliphatic carbocycles. The van der Waals surface area contributed by atoms with Crippen molar-refractivity contribution in [2.45, 2.75) is 51.7 Å². The van der Waals surface area contributed by atoms with Crippen molar-refractivity contribution in [2.24, 2.45) is 11.1 Å². The maximum Gasteiger partial charge on any atom is 0.240 e. The van der Waals surface area contributed by atoms with Crippen LogP contribution in [0.15, 0.2) is 18.2 Å². The summed E-state index contributed by atoms with van der Waals surface area (Å²) in [5.74, 6) is -0.676. The molecule has 0 radical (unpaired) electrons. The summed E-state index contributed by atoms with van der Waals surface area (Å²) < 4.78 is 13.7. The first kappa shape index (κ1) is 17.7. The highest BCUT2D eigenvalue weighted by molar-refractivity contribution is 6.30. The summed E-state index contributed by atoms with van der Waals surface area (Å²) >= 11 is 5.95. The zero-order valence-electron chi connectivity index (χ0n) is 13.5. The van der Waals surface area contributed by atoms with Gasteiger partial charge in [0.05, 0.1) is 29.6 Å². The van der Waals surface area contributed by atoms with E-state index >= 15 is 0 Å². The highest BCUT2D eigenvalue weighted by atomic mass is 35.5. The normalized spacial score (nSPS) is 22.7. The van der Waals surface area contributed by atoms with Crippen LogP contribution >= 0.6 is 11.6 Å². The fraction of sp³-hybridized carbons (Fsp3) is 0.529. The lowest BCUT2D eigenvalue weighted by atomic mass is 9.84. The number of likely N-dealkylation sites (tertiary alicyclic amines) is 1. The van der Waals surface area contributed by atoms with Gasteiger partial charge in [0.15, 0.2) is 0 Å². The van der Waals surface area contributed by atoms with Crippen LogP contribution in [-0.2, 0) is 4.79 Å². The number of nitrogens with two attached hydrogens (primary N) is 1. The molecule has 6 heteroatoms. The van der Waals surface area contributed by atoms with Gasteiger partial charge in [0.2, 0.25) is 5.91 Å². The van der Waals surface area contributed by atoms with E-state index in [-0.39, 0.29) is 23.0 Å². The fourth-order valence-electron chi connectivity index (χ4n) is 3.23. The Labute approximate surface area is 141 Å². The number of rotatable bonds is 3. The minimum atomic E-state index is -0.712. The second kappa shape index (κ2) is 6.46. The fourth-order valence-corrected chi connectivity index (χ4v) is 3.46. The number of halogens is 2. The highest BCUT2D eigenvalue weighted by Crippen LogP contribution is 2.43.